The van der Waals surface area contributed by atoms with Gasteiger partial charge in [-0.1, -0.05) is 17.4 Å². The summed E-state index contributed by atoms with van der Waals surface area (Å²) in [5.74, 6) is -0.352. The third-order valence-corrected chi connectivity index (χ3v) is 5.96. The highest BCUT2D eigenvalue weighted by Gasteiger charge is 2.16. The summed E-state index contributed by atoms with van der Waals surface area (Å²) in [4.78, 5) is 29.3. The number of carboxylic acids is 1. The average molecular weight is 424 g/mol. The lowest BCUT2D eigenvalue weighted by Crippen LogP contribution is -2.23. The van der Waals surface area contributed by atoms with Crippen molar-refractivity contribution in [2.45, 2.75) is 26.9 Å². The van der Waals surface area contributed by atoms with Gasteiger partial charge in [-0.15, -0.1) is 0 Å². The first-order chi connectivity index (χ1) is 14.3. The Labute approximate surface area is 175 Å². The van der Waals surface area contributed by atoms with Crippen LogP contribution in [0, 0.1) is 13.8 Å². The Morgan fingerprint density at radius 2 is 1.93 bits per heavy atom. The number of methoxy groups -OCH3 is 1. The van der Waals surface area contributed by atoms with E-state index in [1.165, 1.54) is 25.4 Å². The molecule has 4 aromatic rings. The summed E-state index contributed by atoms with van der Waals surface area (Å²) < 4.78 is 12.9. The Bertz CT molecular complexity index is 1400. The molecule has 30 heavy (non-hydrogen) atoms. The number of fused-ring (bicyclic) bond motifs is 3. The van der Waals surface area contributed by atoms with Crippen molar-refractivity contribution in [1.82, 2.24) is 9.38 Å². The lowest BCUT2D eigenvalue weighted by atomic mass is 10.1. The Hall–Kier alpha value is -3.39. The quantitative estimate of drug-likeness (QED) is 0.530. The molecule has 1 unspecified atom stereocenters. The maximum Gasteiger partial charge on any atom is 0.344 e. The van der Waals surface area contributed by atoms with Gasteiger partial charge in [0.2, 0.25) is 0 Å². The minimum atomic E-state index is -1.07. The number of hydrogen-bond acceptors (Lipinski definition) is 6. The van der Waals surface area contributed by atoms with Gasteiger partial charge in [-0.25, -0.2) is 14.2 Å². The summed E-state index contributed by atoms with van der Waals surface area (Å²) in [6, 6.07) is 9.07. The van der Waals surface area contributed by atoms with Crippen molar-refractivity contribution >= 4 is 39.4 Å². The van der Waals surface area contributed by atoms with Crippen molar-refractivity contribution in [1.29, 1.82) is 0 Å². The van der Waals surface area contributed by atoms with E-state index in [0.717, 1.165) is 27.7 Å². The normalized spacial score (nSPS) is 13.1. The van der Waals surface area contributed by atoms with Crippen molar-refractivity contribution in [2.24, 2.45) is 0 Å². The maximum atomic E-state index is 13.0. The highest BCUT2D eigenvalue weighted by molar-refractivity contribution is 7.15. The molecule has 0 amide bonds. The van der Waals surface area contributed by atoms with E-state index in [4.69, 9.17) is 14.6 Å². The van der Waals surface area contributed by atoms with Crippen LogP contribution < -0.4 is 19.6 Å². The van der Waals surface area contributed by atoms with E-state index in [0.29, 0.717) is 21.0 Å². The van der Waals surface area contributed by atoms with Crippen LogP contribution in [-0.2, 0) is 4.79 Å². The van der Waals surface area contributed by atoms with Crippen LogP contribution >= 0.6 is 11.3 Å². The molecular weight excluding hydrogens is 404 g/mol. The number of carboxylic acid groups (broad SMARTS) is 1. The van der Waals surface area contributed by atoms with Crippen LogP contribution in [0.15, 0.2) is 35.1 Å². The van der Waals surface area contributed by atoms with E-state index >= 15 is 0 Å². The number of rotatable bonds is 5. The van der Waals surface area contributed by atoms with E-state index in [1.54, 1.807) is 28.7 Å². The molecule has 0 aliphatic rings. The van der Waals surface area contributed by atoms with Gasteiger partial charge in [0.25, 0.3) is 5.56 Å². The van der Waals surface area contributed by atoms with Gasteiger partial charge in [0.1, 0.15) is 0 Å². The lowest BCUT2D eigenvalue weighted by Gasteiger charge is -2.14. The Morgan fingerprint density at radius 3 is 2.63 bits per heavy atom. The molecule has 1 atom stereocenters. The summed E-state index contributed by atoms with van der Waals surface area (Å²) in [6.07, 6.45) is 0.758. The third kappa shape index (κ3) is 3.39. The number of carbonyl (C=O) groups is 1. The van der Waals surface area contributed by atoms with Crippen molar-refractivity contribution in [3.63, 3.8) is 0 Å². The zero-order valence-corrected chi connectivity index (χ0v) is 17.7. The molecule has 1 N–H and O–H groups in total. The number of imidazole rings is 1. The van der Waals surface area contributed by atoms with Crippen molar-refractivity contribution in [2.75, 3.05) is 7.11 Å². The molecule has 0 aliphatic carbocycles. The molecule has 0 bridgehead atoms. The summed E-state index contributed by atoms with van der Waals surface area (Å²) in [5, 5.41) is 9.03. The largest absolute Gasteiger partial charge is 0.493 e. The molecule has 2 aromatic carbocycles. The zero-order chi connectivity index (χ0) is 21.6. The molecule has 0 saturated carbocycles. The average Bonchev–Trinajstić information content (AvgIpc) is 3.19. The van der Waals surface area contributed by atoms with E-state index in [1.807, 2.05) is 26.0 Å². The van der Waals surface area contributed by atoms with E-state index < -0.39 is 12.1 Å². The van der Waals surface area contributed by atoms with Gasteiger partial charge in [0.05, 0.1) is 22.7 Å². The molecule has 0 aliphatic heterocycles. The molecule has 0 fully saturated rings. The summed E-state index contributed by atoms with van der Waals surface area (Å²) in [6.45, 7) is 5.48. The first-order valence-electron chi connectivity index (χ1n) is 9.30. The van der Waals surface area contributed by atoms with Crippen molar-refractivity contribution < 1.29 is 19.4 Å². The maximum absolute atomic E-state index is 13.0. The number of benzene rings is 2. The number of nitrogens with zero attached hydrogens (tertiary/aromatic N) is 2. The number of ether oxygens (including phenoxy) is 2. The Balaban J connectivity index is 1.79. The summed E-state index contributed by atoms with van der Waals surface area (Å²) in [7, 11) is 1.48. The second-order valence-corrected chi connectivity index (χ2v) is 8.09. The Morgan fingerprint density at radius 1 is 1.20 bits per heavy atom. The SMILES string of the molecule is COc1cc(/C=c2\sc3nc4cc(C)c(C)cc4n3c2=O)ccc1OC(C)C(=O)O. The van der Waals surface area contributed by atoms with Gasteiger partial charge >= 0.3 is 5.97 Å². The van der Waals surface area contributed by atoms with E-state index in [-0.39, 0.29) is 5.56 Å². The smallest absolute Gasteiger partial charge is 0.344 e. The highest BCUT2D eigenvalue weighted by atomic mass is 32.1. The van der Waals surface area contributed by atoms with Crippen LogP contribution in [-0.4, -0.2) is 33.7 Å². The predicted molar refractivity (Wildman–Crippen MR) is 116 cm³/mol. The summed E-state index contributed by atoms with van der Waals surface area (Å²) in [5.41, 5.74) is 4.47. The van der Waals surface area contributed by atoms with Crippen LogP contribution in [0.3, 0.4) is 0 Å². The van der Waals surface area contributed by atoms with Gasteiger partial charge in [-0.3, -0.25) is 4.79 Å². The molecular formula is C22H20N2O5S. The highest BCUT2D eigenvalue weighted by Crippen LogP contribution is 2.29. The standard InChI is InChI=1S/C22H20N2O5S/c1-11-7-15-16(8-12(11)2)24-20(25)19(30-22(24)23-15)10-14-5-6-17(18(9-14)28-4)29-13(3)21(26)27/h5-10,13H,1-4H3,(H,26,27)/b19-10-. The molecule has 4 rings (SSSR count). The molecule has 154 valence electrons. The monoisotopic (exact) mass is 424 g/mol. The van der Waals surface area contributed by atoms with Crippen LogP contribution in [0.4, 0.5) is 0 Å². The first-order valence-corrected chi connectivity index (χ1v) is 10.1. The topological polar surface area (TPSA) is 90.1 Å². The number of thiazole rings is 1. The second-order valence-electron chi connectivity index (χ2n) is 7.08. The number of aromatic nitrogens is 2. The van der Waals surface area contributed by atoms with Gasteiger partial charge < -0.3 is 14.6 Å². The van der Waals surface area contributed by atoms with Crippen LogP contribution in [0.5, 0.6) is 11.5 Å². The summed E-state index contributed by atoms with van der Waals surface area (Å²) >= 11 is 1.32. The minimum absolute atomic E-state index is 0.125. The third-order valence-electron chi connectivity index (χ3n) is 4.99. The molecule has 8 heteroatoms. The fourth-order valence-electron chi connectivity index (χ4n) is 3.18. The fourth-order valence-corrected chi connectivity index (χ4v) is 4.17. The van der Waals surface area contributed by atoms with E-state index in [2.05, 4.69) is 4.98 Å². The number of aliphatic carboxylic acids is 1. The van der Waals surface area contributed by atoms with Crippen LogP contribution in [0.25, 0.3) is 22.1 Å². The lowest BCUT2D eigenvalue weighted by molar-refractivity contribution is -0.144. The zero-order valence-electron chi connectivity index (χ0n) is 16.9. The molecule has 0 radical (unpaired) electrons. The van der Waals surface area contributed by atoms with Crippen LogP contribution in [0.2, 0.25) is 0 Å². The van der Waals surface area contributed by atoms with Crippen molar-refractivity contribution in [3.8, 4) is 11.5 Å². The fraction of sp³-hybridized carbons (Fsp3) is 0.227. The predicted octanol–water partition coefficient (Wildman–Crippen LogP) is 2.93. The molecule has 7 nitrogen and oxygen atoms in total. The number of aryl methyl sites for hydroxylation is 2. The minimum Gasteiger partial charge on any atom is -0.493 e. The van der Waals surface area contributed by atoms with Gasteiger partial charge in [0, 0.05) is 0 Å². The number of hydrogen-bond donors (Lipinski definition) is 1. The second kappa shape index (κ2) is 7.46. The molecule has 2 aromatic heterocycles. The molecule has 0 spiro atoms. The van der Waals surface area contributed by atoms with Gasteiger partial charge in [0.15, 0.2) is 22.6 Å². The first kappa shape index (κ1) is 19.9. The molecule has 2 heterocycles. The van der Waals surface area contributed by atoms with E-state index in [9.17, 15) is 9.59 Å². The van der Waals surface area contributed by atoms with Gasteiger partial charge in [-0.2, -0.15) is 0 Å². The van der Waals surface area contributed by atoms with Crippen molar-refractivity contribution in [3.05, 3.63) is 61.9 Å². The van der Waals surface area contributed by atoms with Crippen LogP contribution in [0.1, 0.15) is 23.6 Å². The Kier molecular flexibility index (Phi) is 4.95. The van der Waals surface area contributed by atoms with Gasteiger partial charge in [-0.05, 0) is 67.8 Å². The molecule has 0 saturated heterocycles.